The highest BCUT2D eigenvalue weighted by atomic mass is 32.1. The Labute approximate surface area is 123 Å². The normalized spacial score (nSPS) is 10.9. The van der Waals surface area contributed by atoms with Crippen LogP contribution in [0.25, 0.3) is 0 Å². The molecule has 106 valence electrons. The molecule has 0 saturated heterocycles. The van der Waals surface area contributed by atoms with Gasteiger partial charge in [-0.25, -0.2) is 0 Å². The van der Waals surface area contributed by atoms with Crippen molar-refractivity contribution in [2.24, 2.45) is 5.73 Å². The summed E-state index contributed by atoms with van der Waals surface area (Å²) in [5, 5.41) is 2.09. The summed E-state index contributed by atoms with van der Waals surface area (Å²) < 4.78 is 0. The van der Waals surface area contributed by atoms with E-state index in [1.54, 1.807) is 23.5 Å². The molecule has 0 bridgehead atoms. The molecule has 1 aromatic heterocycles. The van der Waals surface area contributed by atoms with Gasteiger partial charge in [0.25, 0.3) is 0 Å². The Morgan fingerprint density at radius 2 is 2.15 bits per heavy atom. The van der Waals surface area contributed by atoms with Gasteiger partial charge in [0.2, 0.25) is 5.91 Å². The molecule has 0 aliphatic rings. The van der Waals surface area contributed by atoms with E-state index in [1.807, 2.05) is 6.07 Å². The number of carbonyl (C=O) groups excluding carboxylic acids is 1. The monoisotopic (exact) mass is 289 g/mol. The van der Waals surface area contributed by atoms with Crippen LogP contribution in [0.15, 0.2) is 35.7 Å². The Hall–Kier alpha value is -1.85. The molecular formula is C15H19N3OS. The van der Waals surface area contributed by atoms with Crippen LogP contribution in [0.5, 0.6) is 0 Å². The van der Waals surface area contributed by atoms with Crippen LogP contribution in [0.3, 0.4) is 0 Å². The van der Waals surface area contributed by atoms with Crippen LogP contribution in [0.1, 0.15) is 20.8 Å². The van der Waals surface area contributed by atoms with Gasteiger partial charge < -0.3 is 16.4 Å². The van der Waals surface area contributed by atoms with Crippen LogP contribution >= 0.6 is 11.3 Å². The standard InChI is InChI=1S/C15H19N3OS/c1-18(7-6-13-3-2-8-20-13)10-12-5-4-11(15(17)19)9-14(12)16/h2-5,8-9H,6-7,10,16H2,1H3,(H2,17,19). The van der Waals surface area contributed by atoms with Gasteiger partial charge in [0.15, 0.2) is 0 Å². The van der Waals surface area contributed by atoms with Crippen LogP contribution in [-0.4, -0.2) is 24.4 Å². The number of primary amides is 1. The van der Waals surface area contributed by atoms with Crippen molar-refractivity contribution < 1.29 is 4.79 Å². The summed E-state index contributed by atoms with van der Waals surface area (Å²) in [5.74, 6) is -0.450. The first-order valence-corrected chi connectivity index (χ1v) is 7.33. The lowest BCUT2D eigenvalue weighted by Gasteiger charge is -2.17. The molecule has 0 fully saturated rings. The number of rotatable bonds is 6. The molecule has 20 heavy (non-hydrogen) atoms. The summed E-state index contributed by atoms with van der Waals surface area (Å²) >= 11 is 1.78. The molecule has 0 saturated carbocycles. The number of likely N-dealkylation sites (N-methyl/N-ethyl adjacent to an activating group) is 1. The van der Waals surface area contributed by atoms with E-state index >= 15 is 0 Å². The number of hydrogen-bond acceptors (Lipinski definition) is 4. The first kappa shape index (κ1) is 14.6. The molecule has 1 aromatic carbocycles. The van der Waals surface area contributed by atoms with Crippen LogP contribution in [0.2, 0.25) is 0 Å². The van der Waals surface area contributed by atoms with E-state index in [-0.39, 0.29) is 0 Å². The molecule has 4 N–H and O–H groups in total. The van der Waals surface area contributed by atoms with E-state index in [0.717, 1.165) is 25.1 Å². The largest absolute Gasteiger partial charge is 0.398 e. The zero-order valence-electron chi connectivity index (χ0n) is 11.5. The molecule has 0 unspecified atom stereocenters. The van der Waals surface area contributed by atoms with Crippen molar-refractivity contribution in [2.45, 2.75) is 13.0 Å². The van der Waals surface area contributed by atoms with Crippen molar-refractivity contribution >= 4 is 22.9 Å². The molecule has 0 radical (unpaired) electrons. The van der Waals surface area contributed by atoms with Gasteiger partial charge in [0.05, 0.1) is 0 Å². The maximum Gasteiger partial charge on any atom is 0.248 e. The molecule has 5 heteroatoms. The highest BCUT2D eigenvalue weighted by molar-refractivity contribution is 7.09. The Bertz CT molecular complexity index is 581. The minimum Gasteiger partial charge on any atom is -0.398 e. The SMILES string of the molecule is CN(CCc1cccs1)Cc1ccc(C(N)=O)cc1N. The van der Waals surface area contributed by atoms with Crippen LogP contribution < -0.4 is 11.5 Å². The van der Waals surface area contributed by atoms with E-state index in [2.05, 4.69) is 29.5 Å². The number of anilines is 1. The minimum absolute atomic E-state index is 0.450. The quantitative estimate of drug-likeness (QED) is 0.800. The smallest absolute Gasteiger partial charge is 0.248 e. The zero-order chi connectivity index (χ0) is 14.5. The van der Waals surface area contributed by atoms with Crippen molar-refractivity contribution in [3.63, 3.8) is 0 Å². The maximum atomic E-state index is 11.1. The number of nitrogens with zero attached hydrogens (tertiary/aromatic N) is 1. The number of thiophene rings is 1. The van der Waals surface area contributed by atoms with Gasteiger partial charge in [-0.2, -0.15) is 0 Å². The third-order valence-corrected chi connectivity index (χ3v) is 4.13. The molecule has 2 aromatic rings. The predicted octanol–water partition coefficient (Wildman–Crippen LogP) is 2.10. The summed E-state index contributed by atoms with van der Waals surface area (Å²) in [7, 11) is 2.06. The second kappa shape index (κ2) is 6.54. The topological polar surface area (TPSA) is 72.3 Å². The van der Waals surface area contributed by atoms with Crippen LogP contribution in [0, 0.1) is 0 Å². The maximum absolute atomic E-state index is 11.1. The van der Waals surface area contributed by atoms with E-state index in [0.29, 0.717) is 11.3 Å². The Morgan fingerprint density at radius 3 is 2.75 bits per heavy atom. The molecule has 0 spiro atoms. The van der Waals surface area contributed by atoms with Gasteiger partial charge in [-0.15, -0.1) is 11.3 Å². The van der Waals surface area contributed by atoms with E-state index in [1.165, 1.54) is 4.88 Å². The minimum atomic E-state index is -0.450. The first-order chi connectivity index (χ1) is 9.56. The second-order valence-corrected chi connectivity index (χ2v) is 5.88. The fourth-order valence-corrected chi connectivity index (χ4v) is 2.72. The molecule has 1 amide bonds. The summed E-state index contributed by atoms with van der Waals surface area (Å²) in [6.45, 7) is 1.73. The van der Waals surface area contributed by atoms with Crippen molar-refractivity contribution in [1.29, 1.82) is 0 Å². The Morgan fingerprint density at radius 1 is 1.35 bits per heavy atom. The van der Waals surface area contributed by atoms with E-state index < -0.39 is 5.91 Å². The fraction of sp³-hybridized carbons (Fsp3) is 0.267. The highest BCUT2D eigenvalue weighted by Gasteiger charge is 2.07. The summed E-state index contributed by atoms with van der Waals surface area (Å²) in [5.41, 5.74) is 13.3. The number of carbonyl (C=O) groups is 1. The lowest BCUT2D eigenvalue weighted by molar-refractivity contribution is 0.100. The third kappa shape index (κ3) is 3.82. The van der Waals surface area contributed by atoms with E-state index in [4.69, 9.17) is 11.5 Å². The summed E-state index contributed by atoms with van der Waals surface area (Å²) in [4.78, 5) is 14.7. The summed E-state index contributed by atoms with van der Waals surface area (Å²) in [6, 6.07) is 9.46. The molecule has 2 rings (SSSR count). The number of benzene rings is 1. The lowest BCUT2D eigenvalue weighted by Crippen LogP contribution is -2.21. The molecule has 1 heterocycles. The van der Waals surface area contributed by atoms with Crippen LogP contribution in [0.4, 0.5) is 5.69 Å². The third-order valence-electron chi connectivity index (χ3n) is 3.19. The lowest BCUT2D eigenvalue weighted by atomic mass is 10.1. The average molecular weight is 289 g/mol. The first-order valence-electron chi connectivity index (χ1n) is 6.45. The van der Waals surface area contributed by atoms with Gasteiger partial charge in [-0.05, 0) is 42.6 Å². The zero-order valence-corrected chi connectivity index (χ0v) is 12.3. The molecule has 0 aliphatic carbocycles. The van der Waals surface area contributed by atoms with E-state index in [9.17, 15) is 4.79 Å². The van der Waals surface area contributed by atoms with Crippen LogP contribution in [-0.2, 0) is 13.0 Å². The van der Waals surface area contributed by atoms with Crippen molar-refractivity contribution in [2.75, 3.05) is 19.3 Å². The van der Waals surface area contributed by atoms with Crippen molar-refractivity contribution in [1.82, 2.24) is 4.90 Å². The van der Waals surface area contributed by atoms with Gasteiger partial charge in [-0.1, -0.05) is 12.1 Å². The highest BCUT2D eigenvalue weighted by Crippen LogP contribution is 2.16. The molecular weight excluding hydrogens is 270 g/mol. The van der Waals surface area contributed by atoms with Gasteiger partial charge in [-0.3, -0.25) is 4.79 Å². The average Bonchev–Trinajstić information content (AvgIpc) is 2.91. The van der Waals surface area contributed by atoms with Gasteiger partial charge in [0.1, 0.15) is 0 Å². The van der Waals surface area contributed by atoms with Crippen molar-refractivity contribution in [3.8, 4) is 0 Å². The number of amides is 1. The summed E-state index contributed by atoms with van der Waals surface area (Å²) in [6.07, 6.45) is 1.04. The number of nitrogen functional groups attached to an aromatic ring is 1. The molecule has 4 nitrogen and oxygen atoms in total. The second-order valence-electron chi connectivity index (χ2n) is 4.84. The fourth-order valence-electron chi connectivity index (χ4n) is 2.02. The number of hydrogen-bond donors (Lipinski definition) is 2. The Balaban J connectivity index is 1.93. The molecule has 0 aliphatic heterocycles. The predicted molar refractivity (Wildman–Crippen MR) is 83.7 cm³/mol. The Kier molecular flexibility index (Phi) is 4.76. The number of nitrogens with two attached hydrogens (primary N) is 2. The van der Waals surface area contributed by atoms with Gasteiger partial charge in [0, 0.05) is 29.2 Å². The van der Waals surface area contributed by atoms with Gasteiger partial charge >= 0.3 is 0 Å². The van der Waals surface area contributed by atoms with Crippen molar-refractivity contribution in [3.05, 3.63) is 51.7 Å². The molecule has 0 atom stereocenters.